The molecule has 3 nitrogen and oxygen atoms in total. The standard InChI is InChI=1S/C10H13NO2/c1-6-4-8(10(13)11-3)9(12)5-7(6)2/h4-5,12H,1-3H3,(H,11,13). The van der Waals surface area contributed by atoms with E-state index in [0.29, 0.717) is 5.56 Å². The number of rotatable bonds is 1. The summed E-state index contributed by atoms with van der Waals surface area (Å²) in [7, 11) is 1.54. The number of phenols is 1. The van der Waals surface area contributed by atoms with Crippen LogP contribution in [0.3, 0.4) is 0 Å². The Balaban J connectivity index is 3.23. The van der Waals surface area contributed by atoms with Gasteiger partial charge in [0.05, 0.1) is 5.56 Å². The van der Waals surface area contributed by atoms with Crippen molar-refractivity contribution in [1.29, 1.82) is 0 Å². The molecule has 0 aliphatic carbocycles. The van der Waals surface area contributed by atoms with Gasteiger partial charge in [0.25, 0.3) is 5.91 Å². The van der Waals surface area contributed by atoms with Gasteiger partial charge < -0.3 is 10.4 Å². The molecule has 0 aliphatic rings. The topological polar surface area (TPSA) is 49.3 Å². The molecule has 13 heavy (non-hydrogen) atoms. The smallest absolute Gasteiger partial charge is 0.254 e. The van der Waals surface area contributed by atoms with E-state index >= 15 is 0 Å². The van der Waals surface area contributed by atoms with Crippen molar-refractivity contribution in [2.75, 3.05) is 7.05 Å². The predicted molar refractivity (Wildman–Crippen MR) is 51.0 cm³/mol. The van der Waals surface area contributed by atoms with E-state index in [1.54, 1.807) is 12.1 Å². The summed E-state index contributed by atoms with van der Waals surface area (Å²) in [5, 5.41) is 11.9. The highest BCUT2D eigenvalue weighted by Crippen LogP contribution is 2.21. The molecule has 0 radical (unpaired) electrons. The van der Waals surface area contributed by atoms with Crippen LogP contribution in [0.4, 0.5) is 0 Å². The highest BCUT2D eigenvalue weighted by atomic mass is 16.3. The van der Waals surface area contributed by atoms with E-state index < -0.39 is 0 Å². The SMILES string of the molecule is CNC(=O)c1cc(C)c(C)cc1O. The molecule has 1 aromatic carbocycles. The lowest BCUT2D eigenvalue weighted by Gasteiger charge is -2.06. The molecule has 0 bridgehead atoms. The van der Waals surface area contributed by atoms with Crippen molar-refractivity contribution < 1.29 is 9.90 Å². The Kier molecular flexibility index (Phi) is 2.56. The first-order chi connectivity index (χ1) is 6.06. The number of aryl methyl sites for hydroxylation is 2. The van der Waals surface area contributed by atoms with Gasteiger partial charge in [0, 0.05) is 7.05 Å². The van der Waals surface area contributed by atoms with Gasteiger partial charge in [-0.25, -0.2) is 0 Å². The Morgan fingerprint density at radius 1 is 1.31 bits per heavy atom. The van der Waals surface area contributed by atoms with Gasteiger partial charge in [-0.3, -0.25) is 4.79 Å². The average molecular weight is 179 g/mol. The Morgan fingerprint density at radius 3 is 2.38 bits per heavy atom. The first-order valence-electron chi connectivity index (χ1n) is 4.08. The molecule has 0 saturated heterocycles. The second-order valence-corrected chi connectivity index (χ2v) is 3.03. The van der Waals surface area contributed by atoms with E-state index in [1.165, 1.54) is 7.05 Å². The minimum atomic E-state index is -0.263. The minimum Gasteiger partial charge on any atom is -0.507 e. The molecule has 0 aromatic heterocycles. The van der Waals surface area contributed by atoms with Crippen molar-refractivity contribution in [2.24, 2.45) is 0 Å². The highest BCUT2D eigenvalue weighted by Gasteiger charge is 2.10. The van der Waals surface area contributed by atoms with Gasteiger partial charge in [0.2, 0.25) is 0 Å². The summed E-state index contributed by atoms with van der Waals surface area (Å²) in [6, 6.07) is 3.28. The molecule has 1 rings (SSSR count). The summed E-state index contributed by atoms with van der Waals surface area (Å²) in [6.45, 7) is 3.80. The van der Waals surface area contributed by atoms with Crippen molar-refractivity contribution in [1.82, 2.24) is 5.32 Å². The summed E-state index contributed by atoms with van der Waals surface area (Å²) in [5.41, 5.74) is 2.30. The molecule has 0 fully saturated rings. The fourth-order valence-electron chi connectivity index (χ4n) is 1.12. The van der Waals surface area contributed by atoms with Gasteiger partial charge in [-0.15, -0.1) is 0 Å². The first-order valence-corrected chi connectivity index (χ1v) is 4.08. The first kappa shape index (κ1) is 9.58. The molecule has 0 aliphatic heterocycles. The lowest BCUT2D eigenvalue weighted by molar-refractivity contribution is 0.0960. The van der Waals surface area contributed by atoms with Crippen LogP contribution in [0.25, 0.3) is 0 Å². The lowest BCUT2D eigenvalue weighted by Crippen LogP contribution is -2.18. The van der Waals surface area contributed by atoms with Crippen molar-refractivity contribution >= 4 is 5.91 Å². The van der Waals surface area contributed by atoms with Crippen LogP contribution >= 0.6 is 0 Å². The van der Waals surface area contributed by atoms with Gasteiger partial charge in [0.1, 0.15) is 5.75 Å². The zero-order valence-corrected chi connectivity index (χ0v) is 8.01. The number of nitrogens with one attached hydrogen (secondary N) is 1. The molecule has 0 saturated carbocycles. The number of carbonyl (C=O) groups is 1. The third-order valence-corrected chi connectivity index (χ3v) is 2.08. The lowest BCUT2D eigenvalue weighted by atomic mass is 10.0. The van der Waals surface area contributed by atoms with Crippen LogP contribution in [0.15, 0.2) is 12.1 Å². The second-order valence-electron chi connectivity index (χ2n) is 3.03. The van der Waals surface area contributed by atoms with Crippen molar-refractivity contribution in [3.8, 4) is 5.75 Å². The van der Waals surface area contributed by atoms with Gasteiger partial charge in [-0.2, -0.15) is 0 Å². The molecular weight excluding hydrogens is 166 g/mol. The molecule has 0 unspecified atom stereocenters. The van der Waals surface area contributed by atoms with Crippen molar-refractivity contribution in [3.05, 3.63) is 28.8 Å². The Bertz CT molecular complexity index is 345. The second kappa shape index (κ2) is 3.47. The van der Waals surface area contributed by atoms with Crippen molar-refractivity contribution in [3.63, 3.8) is 0 Å². The zero-order valence-electron chi connectivity index (χ0n) is 8.01. The monoisotopic (exact) mass is 179 g/mol. The van der Waals surface area contributed by atoms with Crippen molar-refractivity contribution in [2.45, 2.75) is 13.8 Å². The van der Waals surface area contributed by atoms with Crippen LogP contribution in [0, 0.1) is 13.8 Å². The Morgan fingerprint density at radius 2 is 1.85 bits per heavy atom. The number of aromatic hydroxyl groups is 1. The summed E-state index contributed by atoms with van der Waals surface area (Å²) >= 11 is 0. The van der Waals surface area contributed by atoms with Gasteiger partial charge in [-0.1, -0.05) is 0 Å². The normalized spacial score (nSPS) is 9.77. The maximum atomic E-state index is 11.2. The van der Waals surface area contributed by atoms with Gasteiger partial charge in [-0.05, 0) is 37.1 Å². The predicted octanol–water partition coefficient (Wildman–Crippen LogP) is 1.37. The fourth-order valence-corrected chi connectivity index (χ4v) is 1.12. The molecule has 3 heteroatoms. The summed E-state index contributed by atoms with van der Waals surface area (Å²) < 4.78 is 0. The molecule has 2 N–H and O–H groups in total. The van der Waals surface area contributed by atoms with E-state index in [9.17, 15) is 9.90 Å². The van der Waals surface area contributed by atoms with Gasteiger partial charge in [0.15, 0.2) is 0 Å². The van der Waals surface area contributed by atoms with E-state index in [1.807, 2.05) is 13.8 Å². The van der Waals surface area contributed by atoms with E-state index in [4.69, 9.17) is 0 Å². The number of phenolic OH excluding ortho intramolecular Hbond substituents is 1. The number of carbonyl (C=O) groups excluding carboxylic acids is 1. The maximum absolute atomic E-state index is 11.2. The van der Waals surface area contributed by atoms with Crippen LogP contribution in [0.5, 0.6) is 5.75 Å². The Labute approximate surface area is 77.4 Å². The van der Waals surface area contributed by atoms with Crippen LogP contribution in [0.2, 0.25) is 0 Å². The summed E-state index contributed by atoms with van der Waals surface area (Å²) in [5.74, 6) is -0.233. The van der Waals surface area contributed by atoms with Crippen LogP contribution in [0.1, 0.15) is 21.5 Å². The molecule has 0 heterocycles. The number of hydrogen-bond acceptors (Lipinski definition) is 2. The summed E-state index contributed by atoms with van der Waals surface area (Å²) in [6.07, 6.45) is 0. The zero-order chi connectivity index (χ0) is 10.0. The maximum Gasteiger partial charge on any atom is 0.254 e. The molecular formula is C10H13NO2. The molecule has 0 spiro atoms. The molecule has 0 atom stereocenters. The van der Waals surface area contributed by atoms with E-state index in [0.717, 1.165) is 11.1 Å². The molecule has 70 valence electrons. The van der Waals surface area contributed by atoms with Crippen LogP contribution in [-0.2, 0) is 0 Å². The quantitative estimate of drug-likeness (QED) is 0.684. The Hall–Kier alpha value is -1.51. The third-order valence-electron chi connectivity index (χ3n) is 2.08. The highest BCUT2D eigenvalue weighted by molar-refractivity contribution is 5.96. The van der Waals surface area contributed by atoms with Crippen LogP contribution in [-0.4, -0.2) is 18.1 Å². The number of hydrogen-bond donors (Lipinski definition) is 2. The van der Waals surface area contributed by atoms with E-state index in [-0.39, 0.29) is 11.7 Å². The van der Waals surface area contributed by atoms with E-state index in [2.05, 4.69) is 5.32 Å². The largest absolute Gasteiger partial charge is 0.507 e. The molecule has 1 amide bonds. The minimum absolute atomic E-state index is 0.0300. The molecule has 1 aromatic rings. The van der Waals surface area contributed by atoms with Gasteiger partial charge >= 0.3 is 0 Å². The van der Waals surface area contributed by atoms with Crippen LogP contribution < -0.4 is 5.32 Å². The fraction of sp³-hybridized carbons (Fsp3) is 0.300. The number of amides is 1. The average Bonchev–Trinajstić information content (AvgIpc) is 2.10. The summed E-state index contributed by atoms with van der Waals surface area (Å²) in [4.78, 5) is 11.2. The third kappa shape index (κ3) is 1.80. The number of benzene rings is 1.